The Morgan fingerprint density at radius 1 is 0.947 bits per heavy atom. The van der Waals surface area contributed by atoms with Crippen molar-refractivity contribution in [2.45, 2.75) is 24.3 Å². The van der Waals surface area contributed by atoms with Crippen LogP contribution in [0.25, 0.3) is 11.3 Å². The van der Waals surface area contributed by atoms with Crippen LogP contribution in [0.4, 0.5) is 17.3 Å². The third-order valence-electron chi connectivity index (χ3n) is 6.63. The molecule has 3 heterocycles. The van der Waals surface area contributed by atoms with E-state index in [1.54, 1.807) is 26.5 Å². The van der Waals surface area contributed by atoms with E-state index in [2.05, 4.69) is 50.1 Å². The van der Waals surface area contributed by atoms with Crippen molar-refractivity contribution in [1.82, 2.24) is 15.3 Å². The van der Waals surface area contributed by atoms with Crippen molar-refractivity contribution in [3.63, 3.8) is 0 Å². The Balaban J connectivity index is 1.19. The van der Waals surface area contributed by atoms with Crippen LogP contribution in [0.5, 0.6) is 11.5 Å². The van der Waals surface area contributed by atoms with Gasteiger partial charge in [-0.15, -0.1) is 0 Å². The summed E-state index contributed by atoms with van der Waals surface area (Å²) >= 11 is 5.56. The summed E-state index contributed by atoms with van der Waals surface area (Å²) in [6.45, 7) is 0.946. The monoisotopic (exact) mass is 536 g/mol. The van der Waals surface area contributed by atoms with Gasteiger partial charge >= 0.3 is 0 Å². The Labute approximate surface area is 227 Å². The largest absolute Gasteiger partial charge is 0.497 e. The molecular formula is C27H32N6O4S. The van der Waals surface area contributed by atoms with Gasteiger partial charge in [0.25, 0.3) is 0 Å². The number of rotatable bonds is 8. The van der Waals surface area contributed by atoms with Crippen molar-refractivity contribution in [3.05, 3.63) is 54.7 Å². The molecule has 0 bridgehead atoms. The van der Waals surface area contributed by atoms with Crippen LogP contribution in [-0.2, 0) is 9.47 Å². The zero-order chi connectivity index (χ0) is 26.6. The van der Waals surface area contributed by atoms with E-state index >= 15 is 0 Å². The number of hydrogen-bond donors (Lipinski definition) is 3. The maximum absolute atomic E-state index is 6.11. The van der Waals surface area contributed by atoms with Crippen LogP contribution in [0.15, 0.2) is 54.7 Å². The predicted molar refractivity (Wildman–Crippen MR) is 151 cm³/mol. The Morgan fingerprint density at radius 3 is 2.26 bits per heavy atom. The molecule has 38 heavy (non-hydrogen) atoms. The summed E-state index contributed by atoms with van der Waals surface area (Å²) in [7, 11) is 7.26. The van der Waals surface area contributed by atoms with E-state index in [1.165, 1.54) is 0 Å². The molecule has 2 saturated heterocycles. The molecule has 1 aromatic heterocycles. The Kier molecular flexibility index (Phi) is 7.77. The zero-order valence-electron chi connectivity index (χ0n) is 21.8. The number of anilines is 3. The van der Waals surface area contributed by atoms with Crippen LogP contribution in [0.3, 0.4) is 0 Å². The SMILES string of the molecule is COc1cc(NC(=S)NC2COC3C(Nc4nccc(-c5ccc(N(C)C)cc5)n4)COC23)cc(OC)c1. The lowest BCUT2D eigenvalue weighted by molar-refractivity contribution is 0.0689. The summed E-state index contributed by atoms with van der Waals surface area (Å²) in [5.41, 5.74) is 3.77. The molecule has 2 aliphatic rings. The average molecular weight is 537 g/mol. The number of nitrogens with zero attached hydrogens (tertiary/aromatic N) is 3. The minimum absolute atomic E-state index is 0.0812. The molecule has 5 rings (SSSR count). The third kappa shape index (κ3) is 5.74. The number of methoxy groups -OCH3 is 2. The van der Waals surface area contributed by atoms with Crippen molar-refractivity contribution in [2.75, 3.05) is 57.1 Å². The van der Waals surface area contributed by atoms with Gasteiger partial charge in [0.15, 0.2) is 5.11 Å². The van der Waals surface area contributed by atoms with Crippen molar-refractivity contribution < 1.29 is 18.9 Å². The van der Waals surface area contributed by atoms with Crippen molar-refractivity contribution in [1.29, 1.82) is 0 Å². The first-order valence-corrected chi connectivity index (χ1v) is 12.8. The minimum Gasteiger partial charge on any atom is -0.497 e. The quantitative estimate of drug-likeness (QED) is 0.370. The van der Waals surface area contributed by atoms with Crippen LogP contribution >= 0.6 is 12.2 Å². The van der Waals surface area contributed by atoms with E-state index < -0.39 is 0 Å². The molecular weight excluding hydrogens is 504 g/mol. The lowest BCUT2D eigenvalue weighted by atomic mass is 10.1. The first-order chi connectivity index (χ1) is 18.4. The van der Waals surface area contributed by atoms with Crippen molar-refractivity contribution in [2.24, 2.45) is 0 Å². The Morgan fingerprint density at radius 2 is 1.61 bits per heavy atom. The summed E-state index contributed by atoms with van der Waals surface area (Å²) in [5, 5.41) is 10.4. The number of thiocarbonyl (C=S) groups is 1. The molecule has 0 amide bonds. The first-order valence-electron chi connectivity index (χ1n) is 12.3. The van der Waals surface area contributed by atoms with Gasteiger partial charge in [-0.05, 0) is 30.4 Å². The molecule has 0 radical (unpaired) electrons. The number of nitrogens with one attached hydrogen (secondary N) is 3. The second-order valence-corrected chi connectivity index (χ2v) is 9.77. The minimum atomic E-state index is -0.158. The fourth-order valence-corrected chi connectivity index (χ4v) is 4.92. The van der Waals surface area contributed by atoms with Crippen LogP contribution < -0.4 is 30.3 Å². The normalized spacial score (nSPS) is 21.9. The third-order valence-corrected chi connectivity index (χ3v) is 6.85. The van der Waals surface area contributed by atoms with E-state index in [1.807, 2.05) is 32.3 Å². The Bertz CT molecular complexity index is 1250. The highest BCUT2D eigenvalue weighted by Crippen LogP contribution is 2.30. The molecule has 4 unspecified atom stereocenters. The Hall–Kier alpha value is -3.67. The van der Waals surface area contributed by atoms with E-state index in [-0.39, 0.29) is 24.3 Å². The van der Waals surface area contributed by atoms with Crippen molar-refractivity contribution >= 4 is 34.7 Å². The lowest BCUT2D eigenvalue weighted by Crippen LogP contribution is -2.46. The molecule has 2 aliphatic heterocycles. The van der Waals surface area contributed by atoms with E-state index in [0.29, 0.717) is 35.8 Å². The number of benzene rings is 2. The molecule has 3 aromatic rings. The van der Waals surface area contributed by atoms with E-state index in [9.17, 15) is 0 Å². The smallest absolute Gasteiger partial charge is 0.223 e. The highest BCUT2D eigenvalue weighted by molar-refractivity contribution is 7.80. The van der Waals surface area contributed by atoms with Gasteiger partial charge in [0.2, 0.25) is 5.95 Å². The lowest BCUT2D eigenvalue weighted by Gasteiger charge is -2.20. The highest BCUT2D eigenvalue weighted by atomic mass is 32.1. The summed E-state index contributed by atoms with van der Waals surface area (Å²) in [6, 6.07) is 15.5. The summed E-state index contributed by atoms with van der Waals surface area (Å²) in [4.78, 5) is 11.2. The van der Waals surface area contributed by atoms with E-state index in [0.717, 1.165) is 22.6 Å². The number of hydrogen-bond acceptors (Lipinski definition) is 9. The summed E-state index contributed by atoms with van der Waals surface area (Å²) in [5.74, 6) is 1.88. The maximum atomic E-state index is 6.11. The fourth-order valence-electron chi connectivity index (χ4n) is 4.65. The van der Waals surface area contributed by atoms with Crippen molar-refractivity contribution in [3.8, 4) is 22.8 Å². The molecule has 10 nitrogen and oxygen atoms in total. The van der Waals surface area contributed by atoms with E-state index in [4.69, 9.17) is 36.1 Å². The van der Waals surface area contributed by atoms with Crippen LogP contribution in [0, 0.1) is 0 Å². The first kappa shape index (κ1) is 26.0. The molecule has 3 N–H and O–H groups in total. The molecule has 2 aromatic carbocycles. The van der Waals surface area contributed by atoms with Gasteiger partial charge in [-0.3, -0.25) is 0 Å². The average Bonchev–Trinajstić information content (AvgIpc) is 3.51. The van der Waals surface area contributed by atoms with Gasteiger partial charge in [0.05, 0.1) is 45.2 Å². The maximum Gasteiger partial charge on any atom is 0.223 e. The topological polar surface area (TPSA) is 102 Å². The molecule has 2 fully saturated rings. The summed E-state index contributed by atoms with van der Waals surface area (Å²) < 4.78 is 22.9. The van der Waals surface area contributed by atoms with Gasteiger partial charge in [0.1, 0.15) is 23.7 Å². The second kappa shape index (κ2) is 11.4. The second-order valence-electron chi connectivity index (χ2n) is 9.36. The van der Waals surface area contributed by atoms with Gasteiger partial charge in [-0.1, -0.05) is 12.1 Å². The molecule has 0 spiro atoms. The van der Waals surface area contributed by atoms with Crippen LogP contribution in [0.1, 0.15) is 0 Å². The fraction of sp³-hybridized carbons (Fsp3) is 0.370. The van der Waals surface area contributed by atoms with Gasteiger partial charge < -0.3 is 39.8 Å². The zero-order valence-corrected chi connectivity index (χ0v) is 22.6. The summed E-state index contributed by atoms with van der Waals surface area (Å²) in [6.07, 6.45) is 1.45. The number of aromatic nitrogens is 2. The highest BCUT2D eigenvalue weighted by Gasteiger charge is 2.48. The van der Waals surface area contributed by atoms with Gasteiger partial charge in [-0.2, -0.15) is 0 Å². The number of ether oxygens (including phenoxy) is 4. The molecule has 0 aliphatic carbocycles. The predicted octanol–water partition coefficient (Wildman–Crippen LogP) is 3.16. The molecule has 200 valence electrons. The van der Waals surface area contributed by atoms with Crippen LogP contribution in [-0.4, -0.2) is 80.9 Å². The molecule has 11 heteroatoms. The number of fused-ring (bicyclic) bond motifs is 1. The molecule has 4 atom stereocenters. The van der Waals surface area contributed by atoms with Gasteiger partial charge in [-0.25, -0.2) is 9.97 Å². The van der Waals surface area contributed by atoms with Gasteiger partial charge in [0, 0.05) is 55.4 Å². The standard InChI is InChI=1S/C27H32N6O4S/c1-33(2)18-7-5-16(6-8-18)21-9-10-28-26(30-21)31-22-14-36-25-23(15-37-24(22)25)32-27(38)29-17-11-19(34-3)13-20(12-17)35-4/h5-13,22-25H,14-15H2,1-4H3,(H,28,30,31)(H2,29,32,38). The van der Waals surface area contributed by atoms with Crippen LogP contribution in [0.2, 0.25) is 0 Å². The molecule has 0 saturated carbocycles.